The lowest BCUT2D eigenvalue weighted by molar-refractivity contribution is -0.0499. The van der Waals surface area contributed by atoms with Crippen molar-refractivity contribution in [1.29, 1.82) is 0 Å². The Labute approximate surface area is 124 Å². The number of alkyl halides is 2. The topological polar surface area (TPSA) is 70.9 Å². The van der Waals surface area contributed by atoms with E-state index >= 15 is 0 Å². The van der Waals surface area contributed by atoms with Crippen molar-refractivity contribution in [2.75, 3.05) is 5.43 Å². The molecule has 7 heteroatoms. The van der Waals surface area contributed by atoms with Crippen LogP contribution in [0.1, 0.15) is 15.9 Å². The summed E-state index contributed by atoms with van der Waals surface area (Å²) in [4.78, 5) is 10.7. The molecule has 0 spiro atoms. The molecule has 5 nitrogen and oxygen atoms in total. The summed E-state index contributed by atoms with van der Waals surface area (Å²) in [6.45, 7) is -2.91. The second-order valence-corrected chi connectivity index (χ2v) is 4.17. The SMILES string of the molecule is O=C(O)c1ccc(NN=Cc2ccccc2OC(F)F)cc1. The Balaban J connectivity index is 2.05. The molecule has 0 amide bonds. The van der Waals surface area contributed by atoms with Crippen molar-refractivity contribution in [3.05, 3.63) is 59.7 Å². The molecule has 2 aromatic carbocycles. The number of halogens is 2. The van der Waals surface area contributed by atoms with E-state index in [2.05, 4.69) is 15.3 Å². The van der Waals surface area contributed by atoms with E-state index in [1.807, 2.05) is 0 Å². The summed E-state index contributed by atoms with van der Waals surface area (Å²) in [6.07, 6.45) is 1.34. The molecule has 2 N–H and O–H groups in total. The minimum Gasteiger partial charge on any atom is -0.478 e. The number of anilines is 1. The number of aromatic carboxylic acids is 1. The fourth-order valence-corrected chi connectivity index (χ4v) is 1.65. The Morgan fingerprint density at radius 2 is 1.86 bits per heavy atom. The first kappa shape index (κ1) is 15.4. The van der Waals surface area contributed by atoms with Gasteiger partial charge in [0.25, 0.3) is 0 Å². The quantitative estimate of drug-likeness (QED) is 0.633. The summed E-state index contributed by atoms with van der Waals surface area (Å²) in [6, 6.07) is 12.2. The number of carboxylic acid groups (broad SMARTS) is 1. The highest BCUT2D eigenvalue weighted by Gasteiger charge is 2.07. The summed E-state index contributed by atoms with van der Waals surface area (Å²) in [7, 11) is 0. The van der Waals surface area contributed by atoms with Crippen LogP contribution < -0.4 is 10.2 Å². The van der Waals surface area contributed by atoms with Crippen LogP contribution in [0.2, 0.25) is 0 Å². The first-order chi connectivity index (χ1) is 10.6. The van der Waals surface area contributed by atoms with Crippen LogP contribution in [0.15, 0.2) is 53.6 Å². The molecular weight excluding hydrogens is 294 g/mol. The van der Waals surface area contributed by atoms with Gasteiger partial charge >= 0.3 is 12.6 Å². The Kier molecular flexibility index (Phi) is 5.02. The summed E-state index contributed by atoms with van der Waals surface area (Å²) in [5.41, 5.74) is 3.78. The van der Waals surface area contributed by atoms with Gasteiger partial charge in [0.15, 0.2) is 0 Å². The van der Waals surface area contributed by atoms with Gasteiger partial charge < -0.3 is 9.84 Å². The molecule has 22 heavy (non-hydrogen) atoms. The van der Waals surface area contributed by atoms with Gasteiger partial charge in [-0.15, -0.1) is 0 Å². The molecule has 0 unspecified atom stereocenters. The first-order valence-corrected chi connectivity index (χ1v) is 6.22. The number of nitrogens with zero attached hydrogens (tertiary/aromatic N) is 1. The molecular formula is C15H12F2N2O3. The number of nitrogens with one attached hydrogen (secondary N) is 1. The van der Waals surface area contributed by atoms with Crippen LogP contribution in [0.25, 0.3) is 0 Å². The van der Waals surface area contributed by atoms with E-state index in [0.29, 0.717) is 11.3 Å². The fraction of sp³-hybridized carbons (Fsp3) is 0.0667. The highest BCUT2D eigenvalue weighted by atomic mass is 19.3. The van der Waals surface area contributed by atoms with Crippen molar-refractivity contribution in [1.82, 2.24) is 0 Å². The van der Waals surface area contributed by atoms with Crippen LogP contribution in [-0.4, -0.2) is 23.9 Å². The molecule has 0 radical (unpaired) electrons. The molecule has 0 aromatic heterocycles. The van der Waals surface area contributed by atoms with Gasteiger partial charge in [-0.2, -0.15) is 13.9 Å². The van der Waals surface area contributed by atoms with Gasteiger partial charge in [0.2, 0.25) is 0 Å². The third kappa shape index (κ3) is 4.27. The molecule has 114 valence electrons. The third-order valence-corrected chi connectivity index (χ3v) is 2.66. The monoisotopic (exact) mass is 306 g/mol. The van der Waals surface area contributed by atoms with Gasteiger partial charge in [0.1, 0.15) is 5.75 Å². The smallest absolute Gasteiger partial charge is 0.387 e. The Morgan fingerprint density at radius 1 is 1.18 bits per heavy atom. The number of hydrogen-bond acceptors (Lipinski definition) is 4. The van der Waals surface area contributed by atoms with Crippen molar-refractivity contribution in [2.45, 2.75) is 6.61 Å². The standard InChI is InChI=1S/C15H12F2N2O3/c16-15(17)22-13-4-2-1-3-11(13)9-18-19-12-7-5-10(6-8-12)14(20)21/h1-9,15,19H,(H,20,21). The molecule has 0 aliphatic carbocycles. The maximum absolute atomic E-state index is 12.3. The van der Waals surface area contributed by atoms with Crippen LogP contribution in [0.4, 0.5) is 14.5 Å². The van der Waals surface area contributed by atoms with E-state index in [1.165, 1.54) is 24.4 Å². The molecule has 0 aliphatic rings. The number of hydrogen-bond donors (Lipinski definition) is 2. The summed E-state index contributed by atoms with van der Waals surface area (Å²) >= 11 is 0. The maximum atomic E-state index is 12.3. The third-order valence-electron chi connectivity index (χ3n) is 2.66. The fourth-order valence-electron chi connectivity index (χ4n) is 1.65. The zero-order valence-electron chi connectivity index (χ0n) is 11.2. The van der Waals surface area contributed by atoms with Crippen LogP contribution >= 0.6 is 0 Å². The van der Waals surface area contributed by atoms with Gasteiger partial charge in [-0.25, -0.2) is 4.79 Å². The van der Waals surface area contributed by atoms with E-state index in [1.54, 1.807) is 30.3 Å². The maximum Gasteiger partial charge on any atom is 0.387 e. The number of carbonyl (C=O) groups is 1. The lowest BCUT2D eigenvalue weighted by Gasteiger charge is -2.07. The summed E-state index contributed by atoms with van der Waals surface area (Å²) in [5.74, 6) is -1.00. The zero-order valence-corrected chi connectivity index (χ0v) is 11.2. The van der Waals surface area contributed by atoms with Gasteiger partial charge in [-0.05, 0) is 36.4 Å². The Bertz CT molecular complexity index is 673. The van der Waals surface area contributed by atoms with E-state index in [4.69, 9.17) is 5.11 Å². The molecule has 0 aliphatic heterocycles. The normalized spacial score (nSPS) is 10.9. The zero-order chi connectivity index (χ0) is 15.9. The summed E-state index contributed by atoms with van der Waals surface area (Å²) in [5, 5.41) is 12.7. The molecule has 0 saturated carbocycles. The molecule has 2 rings (SSSR count). The second-order valence-electron chi connectivity index (χ2n) is 4.17. The molecule has 0 fully saturated rings. The lowest BCUT2D eigenvalue weighted by Crippen LogP contribution is -2.04. The van der Waals surface area contributed by atoms with E-state index in [0.717, 1.165) is 0 Å². The largest absolute Gasteiger partial charge is 0.478 e. The predicted octanol–water partition coefficient (Wildman–Crippen LogP) is 3.43. The number of rotatable bonds is 6. The van der Waals surface area contributed by atoms with Crippen LogP contribution in [-0.2, 0) is 0 Å². The molecule has 0 saturated heterocycles. The number of hydrazone groups is 1. The van der Waals surface area contributed by atoms with Crippen molar-refractivity contribution < 1.29 is 23.4 Å². The van der Waals surface area contributed by atoms with Crippen LogP contribution in [0, 0.1) is 0 Å². The second kappa shape index (κ2) is 7.16. The highest BCUT2D eigenvalue weighted by molar-refractivity contribution is 5.88. The molecule has 2 aromatic rings. The predicted molar refractivity (Wildman–Crippen MR) is 77.7 cm³/mol. The Hall–Kier alpha value is -2.96. The Morgan fingerprint density at radius 3 is 2.50 bits per heavy atom. The lowest BCUT2D eigenvalue weighted by atomic mass is 10.2. The number of carboxylic acids is 1. The number of benzene rings is 2. The first-order valence-electron chi connectivity index (χ1n) is 6.22. The summed E-state index contributed by atoms with van der Waals surface area (Å²) < 4.78 is 28.9. The van der Waals surface area contributed by atoms with E-state index in [-0.39, 0.29) is 11.3 Å². The van der Waals surface area contributed by atoms with Crippen molar-refractivity contribution in [2.24, 2.45) is 5.10 Å². The van der Waals surface area contributed by atoms with Gasteiger partial charge in [0.05, 0.1) is 17.5 Å². The van der Waals surface area contributed by atoms with Crippen LogP contribution in [0.3, 0.4) is 0 Å². The highest BCUT2D eigenvalue weighted by Crippen LogP contribution is 2.18. The number of ether oxygens (including phenoxy) is 1. The molecule has 0 heterocycles. The van der Waals surface area contributed by atoms with Crippen LogP contribution in [0.5, 0.6) is 5.75 Å². The molecule has 0 atom stereocenters. The molecule has 0 bridgehead atoms. The van der Waals surface area contributed by atoms with E-state index in [9.17, 15) is 13.6 Å². The average Bonchev–Trinajstić information content (AvgIpc) is 2.49. The van der Waals surface area contributed by atoms with Crippen molar-refractivity contribution in [3.8, 4) is 5.75 Å². The minimum atomic E-state index is -2.91. The van der Waals surface area contributed by atoms with Gasteiger partial charge in [0, 0.05) is 5.56 Å². The van der Waals surface area contributed by atoms with Gasteiger partial charge in [-0.3, -0.25) is 5.43 Å². The van der Waals surface area contributed by atoms with Gasteiger partial charge in [-0.1, -0.05) is 12.1 Å². The van der Waals surface area contributed by atoms with E-state index < -0.39 is 12.6 Å². The van der Waals surface area contributed by atoms with Crippen molar-refractivity contribution in [3.63, 3.8) is 0 Å². The minimum absolute atomic E-state index is 0.0178. The van der Waals surface area contributed by atoms with Crippen molar-refractivity contribution >= 4 is 17.9 Å². The average molecular weight is 306 g/mol. The number of para-hydroxylation sites is 1.